The van der Waals surface area contributed by atoms with Crippen LogP contribution in [0, 0.1) is 19.8 Å². The summed E-state index contributed by atoms with van der Waals surface area (Å²) in [6.07, 6.45) is 1.10. The van der Waals surface area contributed by atoms with Gasteiger partial charge >= 0.3 is 0 Å². The van der Waals surface area contributed by atoms with Gasteiger partial charge in [0.15, 0.2) is 0 Å². The second-order valence-corrected chi connectivity index (χ2v) is 6.83. The minimum Gasteiger partial charge on any atom is -0.354 e. The molecular weight excluding hydrogens is 340 g/mol. The summed E-state index contributed by atoms with van der Waals surface area (Å²) in [7, 11) is 0. The van der Waals surface area contributed by atoms with Gasteiger partial charge in [0.1, 0.15) is 5.82 Å². The van der Waals surface area contributed by atoms with Crippen LogP contribution in [0.25, 0.3) is 0 Å². The molecule has 1 aromatic carbocycles. The molecule has 0 fully saturated rings. The predicted octanol–water partition coefficient (Wildman–Crippen LogP) is 5.06. The molecule has 22 heavy (non-hydrogen) atoms. The smallest absolute Gasteiger partial charge is 0.224 e. The largest absolute Gasteiger partial charge is 0.354 e. The standard InChI is InChI=1S/C17H23BrN4/c1-11(2)7-8-19-17-20-13(4)10-16(22-17)21-15-6-5-14(18)9-12(15)3/h5-6,9-11H,7-8H2,1-4H3,(H2,19,20,21,22). The molecule has 0 bridgehead atoms. The highest BCUT2D eigenvalue weighted by molar-refractivity contribution is 9.10. The Hall–Kier alpha value is -1.62. The van der Waals surface area contributed by atoms with E-state index < -0.39 is 0 Å². The SMILES string of the molecule is Cc1cc(Nc2ccc(Br)cc2C)nc(NCCC(C)C)n1. The maximum absolute atomic E-state index is 4.54. The van der Waals surface area contributed by atoms with Crippen LogP contribution in [-0.4, -0.2) is 16.5 Å². The van der Waals surface area contributed by atoms with E-state index in [1.807, 2.05) is 25.1 Å². The zero-order valence-electron chi connectivity index (χ0n) is 13.6. The Balaban J connectivity index is 2.12. The second kappa shape index (κ2) is 7.58. The number of aryl methyl sites for hydroxylation is 2. The maximum atomic E-state index is 4.54. The number of aromatic nitrogens is 2. The van der Waals surface area contributed by atoms with Crippen LogP contribution >= 0.6 is 15.9 Å². The molecule has 0 spiro atoms. The topological polar surface area (TPSA) is 49.8 Å². The molecule has 4 nitrogen and oxygen atoms in total. The lowest BCUT2D eigenvalue weighted by molar-refractivity contribution is 0.606. The molecule has 1 heterocycles. The zero-order chi connectivity index (χ0) is 16.1. The van der Waals surface area contributed by atoms with Crippen molar-refractivity contribution in [2.75, 3.05) is 17.2 Å². The molecule has 2 rings (SSSR count). The molecule has 0 saturated heterocycles. The fourth-order valence-corrected chi connectivity index (χ4v) is 2.57. The van der Waals surface area contributed by atoms with Crippen LogP contribution in [0.15, 0.2) is 28.7 Å². The molecule has 2 aromatic rings. The van der Waals surface area contributed by atoms with Gasteiger partial charge in [0.25, 0.3) is 0 Å². The summed E-state index contributed by atoms with van der Waals surface area (Å²) in [5, 5.41) is 6.66. The van der Waals surface area contributed by atoms with Gasteiger partial charge in [0.2, 0.25) is 5.95 Å². The third-order valence-electron chi connectivity index (χ3n) is 3.31. The highest BCUT2D eigenvalue weighted by Gasteiger charge is 2.05. The minimum atomic E-state index is 0.667. The van der Waals surface area contributed by atoms with E-state index in [2.05, 4.69) is 63.4 Å². The molecule has 0 aliphatic heterocycles. The summed E-state index contributed by atoms with van der Waals surface area (Å²) < 4.78 is 1.07. The zero-order valence-corrected chi connectivity index (χ0v) is 15.2. The Morgan fingerprint density at radius 2 is 1.91 bits per heavy atom. The molecule has 118 valence electrons. The van der Waals surface area contributed by atoms with E-state index in [0.717, 1.165) is 34.6 Å². The average molecular weight is 363 g/mol. The monoisotopic (exact) mass is 362 g/mol. The lowest BCUT2D eigenvalue weighted by Gasteiger charge is -2.12. The van der Waals surface area contributed by atoms with Gasteiger partial charge in [-0.1, -0.05) is 29.8 Å². The number of hydrogen-bond donors (Lipinski definition) is 2. The van der Waals surface area contributed by atoms with Crippen molar-refractivity contribution >= 4 is 33.4 Å². The summed E-state index contributed by atoms with van der Waals surface area (Å²) in [4.78, 5) is 8.98. The number of anilines is 3. The first-order valence-electron chi connectivity index (χ1n) is 7.57. The highest BCUT2D eigenvalue weighted by Crippen LogP contribution is 2.23. The van der Waals surface area contributed by atoms with Gasteiger partial charge in [-0.15, -0.1) is 0 Å². The summed E-state index contributed by atoms with van der Waals surface area (Å²) >= 11 is 3.48. The van der Waals surface area contributed by atoms with Gasteiger partial charge in [-0.3, -0.25) is 0 Å². The Kier molecular flexibility index (Phi) is 5.77. The van der Waals surface area contributed by atoms with Crippen LogP contribution in [0.4, 0.5) is 17.5 Å². The van der Waals surface area contributed by atoms with Crippen LogP contribution in [0.1, 0.15) is 31.5 Å². The molecular formula is C17H23BrN4. The highest BCUT2D eigenvalue weighted by atomic mass is 79.9. The van der Waals surface area contributed by atoms with Crippen LogP contribution in [0.5, 0.6) is 0 Å². The molecule has 1 aromatic heterocycles. The first kappa shape index (κ1) is 16.7. The fourth-order valence-electron chi connectivity index (χ4n) is 2.09. The lowest BCUT2D eigenvalue weighted by atomic mass is 10.1. The van der Waals surface area contributed by atoms with E-state index in [-0.39, 0.29) is 0 Å². The van der Waals surface area contributed by atoms with Crippen molar-refractivity contribution in [3.63, 3.8) is 0 Å². The van der Waals surface area contributed by atoms with Crippen LogP contribution in [0.2, 0.25) is 0 Å². The number of nitrogens with one attached hydrogen (secondary N) is 2. The van der Waals surface area contributed by atoms with E-state index in [4.69, 9.17) is 0 Å². The van der Waals surface area contributed by atoms with E-state index in [1.54, 1.807) is 0 Å². The van der Waals surface area contributed by atoms with E-state index in [9.17, 15) is 0 Å². The fraction of sp³-hybridized carbons (Fsp3) is 0.412. The van der Waals surface area contributed by atoms with Crippen LogP contribution in [-0.2, 0) is 0 Å². The Morgan fingerprint density at radius 1 is 1.14 bits per heavy atom. The molecule has 2 N–H and O–H groups in total. The number of nitrogens with zero attached hydrogens (tertiary/aromatic N) is 2. The van der Waals surface area contributed by atoms with Gasteiger partial charge < -0.3 is 10.6 Å². The van der Waals surface area contributed by atoms with E-state index in [0.29, 0.717) is 11.9 Å². The molecule has 0 aliphatic carbocycles. The third kappa shape index (κ3) is 4.98. The van der Waals surface area contributed by atoms with Gasteiger partial charge in [-0.05, 0) is 49.9 Å². The average Bonchev–Trinajstić information content (AvgIpc) is 2.41. The molecule has 0 amide bonds. The Morgan fingerprint density at radius 3 is 2.59 bits per heavy atom. The molecule has 0 atom stereocenters. The second-order valence-electron chi connectivity index (χ2n) is 5.91. The Labute approximate surface area is 140 Å². The van der Waals surface area contributed by atoms with Gasteiger partial charge in [-0.25, -0.2) is 4.98 Å². The van der Waals surface area contributed by atoms with E-state index in [1.165, 1.54) is 5.56 Å². The molecule has 0 aliphatic rings. The first-order chi connectivity index (χ1) is 10.4. The number of rotatable bonds is 6. The summed E-state index contributed by atoms with van der Waals surface area (Å²) in [6.45, 7) is 9.36. The molecule has 0 saturated carbocycles. The van der Waals surface area contributed by atoms with Gasteiger partial charge in [0, 0.05) is 28.5 Å². The number of halogens is 1. The van der Waals surface area contributed by atoms with Crippen molar-refractivity contribution in [3.8, 4) is 0 Å². The van der Waals surface area contributed by atoms with Crippen molar-refractivity contribution in [1.29, 1.82) is 0 Å². The maximum Gasteiger partial charge on any atom is 0.224 e. The normalized spacial score (nSPS) is 10.8. The van der Waals surface area contributed by atoms with Crippen molar-refractivity contribution < 1.29 is 0 Å². The summed E-state index contributed by atoms with van der Waals surface area (Å²) in [5.74, 6) is 2.16. The van der Waals surface area contributed by atoms with Gasteiger partial charge in [0.05, 0.1) is 0 Å². The Bertz CT molecular complexity index is 641. The minimum absolute atomic E-state index is 0.667. The number of hydrogen-bond acceptors (Lipinski definition) is 4. The van der Waals surface area contributed by atoms with Gasteiger partial charge in [-0.2, -0.15) is 4.98 Å². The van der Waals surface area contributed by atoms with Crippen LogP contribution < -0.4 is 10.6 Å². The third-order valence-corrected chi connectivity index (χ3v) is 3.80. The van der Waals surface area contributed by atoms with Crippen LogP contribution in [0.3, 0.4) is 0 Å². The quantitative estimate of drug-likeness (QED) is 0.753. The predicted molar refractivity (Wildman–Crippen MR) is 96.9 cm³/mol. The van der Waals surface area contributed by atoms with Crippen molar-refractivity contribution in [2.45, 2.75) is 34.1 Å². The molecule has 0 unspecified atom stereocenters. The lowest BCUT2D eigenvalue weighted by Crippen LogP contribution is -2.09. The molecule has 0 radical (unpaired) electrons. The first-order valence-corrected chi connectivity index (χ1v) is 8.36. The number of benzene rings is 1. The van der Waals surface area contributed by atoms with Crippen molar-refractivity contribution in [3.05, 3.63) is 40.0 Å². The summed E-state index contributed by atoms with van der Waals surface area (Å²) in [5.41, 5.74) is 3.16. The van der Waals surface area contributed by atoms with Crippen molar-refractivity contribution in [2.24, 2.45) is 5.92 Å². The van der Waals surface area contributed by atoms with E-state index >= 15 is 0 Å². The molecule has 5 heteroatoms. The summed E-state index contributed by atoms with van der Waals surface area (Å²) in [6, 6.07) is 8.10. The van der Waals surface area contributed by atoms with Crippen molar-refractivity contribution in [1.82, 2.24) is 9.97 Å².